The first-order valence-electron chi connectivity index (χ1n) is 9.04. The summed E-state index contributed by atoms with van der Waals surface area (Å²) in [4.78, 5) is 9.25. The summed E-state index contributed by atoms with van der Waals surface area (Å²) in [6, 6.07) is 10.2. The number of likely N-dealkylation sites (tertiary alicyclic amines) is 1. The van der Waals surface area contributed by atoms with Crippen LogP contribution in [0.3, 0.4) is 0 Å². The summed E-state index contributed by atoms with van der Waals surface area (Å²) in [5, 5.41) is 8.57. The Morgan fingerprint density at radius 3 is 2.88 bits per heavy atom. The van der Waals surface area contributed by atoms with Crippen molar-refractivity contribution in [2.75, 3.05) is 37.7 Å². The lowest BCUT2D eigenvalue weighted by Crippen LogP contribution is -2.59. The van der Waals surface area contributed by atoms with Crippen LogP contribution in [0, 0.1) is 6.92 Å². The first-order chi connectivity index (χ1) is 12.2. The molecule has 25 heavy (non-hydrogen) atoms. The SMILES string of the molecule is Cc1ccc(N2CCOC3(CCCN(Cc4ccccn4)C3)C2)nn1. The zero-order chi connectivity index (χ0) is 17.1. The third kappa shape index (κ3) is 3.80. The van der Waals surface area contributed by atoms with Crippen LogP contribution in [0.1, 0.15) is 24.2 Å². The smallest absolute Gasteiger partial charge is 0.151 e. The molecule has 0 bridgehead atoms. The van der Waals surface area contributed by atoms with Crippen molar-refractivity contribution < 1.29 is 4.74 Å². The van der Waals surface area contributed by atoms with Crippen molar-refractivity contribution in [1.82, 2.24) is 20.1 Å². The fourth-order valence-corrected chi connectivity index (χ4v) is 3.89. The Hall–Kier alpha value is -2.05. The number of aromatic nitrogens is 3. The highest BCUT2D eigenvalue weighted by molar-refractivity contribution is 5.38. The Balaban J connectivity index is 1.45. The summed E-state index contributed by atoms with van der Waals surface area (Å²) in [6.07, 6.45) is 4.12. The Kier molecular flexibility index (Phi) is 4.63. The van der Waals surface area contributed by atoms with Crippen LogP contribution in [-0.2, 0) is 11.3 Å². The second kappa shape index (κ2) is 7.06. The van der Waals surface area contributed by atoms with E-state index < -0.39 is 0 Å². The van der Waals surface area contributed by atoms with Gasteiger partial charge >= 0.3 is 0 Å². The zero-order valence-corrected chi connectivity index (χ0v) is 14.8. The van der Waals surface area contributed by atoms with Gasteiger partial charge in [0.2, 0.25) is 0 Å². The molecular weight excluding hydrogens is 314 g/mol. The molecule has 1 atom stereocenters. The van der Waals surface area contributed by atoms with Gasteiger partial charge in [0, 0.05) is 32.4 Å². The molecule has 4 rings (SSSR count). The molecule has 2 saturated heterocycles. The van der Waals surface area contributed by atoms with Gasteiger partial charge in [-0.2, -0.15) is 5.10 Å². The Morgan fingerprint density at radius 2 is 2.08 bits per heavy atom. The fourth-order valence-electron chi connectivity index (χ4n) is 3.89. The first-order valence-corrected chi connectivity index (χ1v) is 9.04. The number of pyridine rings is 1. The van der Waals surface area contributed by atoms with Crippen molar-refractivity contribution >= 4 is 5.82 Å². The van der Waals surface area contributed by atoms with Crippen molar-refractivity contribution in [3.63, 3.8) is 0 Å². The van der Waals surface area contributed by atoms with Crippen LogP contribution in [0.15, 0.2) is 36.5 Å². The molecule has 0 saturated carbocycles. The highest BCUT2D eigenvalue weighted by atomic mass is 16.5. The van der Waals surface area contributed by atoms with Crippen molar-refractivity contribution in [2.24, 2.45) is 0 Å². The molecule has 2 aliphatic heterocycles. The number of piperidine rings is 1. The maximum Gasteiger partial charge on any atom is 0.151 e. The number of hydrogen-bond acceptors (Lipinski definition) is 6. The topological polar surface area (TPSA) is 54.4 Å². The number of nitrogens with zero attached hydrogens (tertiary/aromatic N) is 5. The molecule has 0 amide bonds. The van der Waals surface area contributed by atoms with E-state index in [-0.39, 0.29) is 5.60 Å². The summed E-state index contributed by atoms with van der Waals surface area (Å²) in [5.74, 6) is 0.954. The molecule has 1 unspecified atom stereocenters. The lowest BCUT2D eigenvalue weighted by Gasteiger charge is -2.48. The molecule has 6 nitrogen and oxygen atoms in total. The molecule has 2 fully saturated rings. The largest absolute Gasteiger partial charge is 0.370 e. The lowest BCUT2D eigenvalue weighted by molar-refractivity contribution is -0.0988. The normalized spacial score (nSPS) is 24.6. The molecule has 4 heterocycles. The van der Waals surface area contributed by atoms with Crippen molar-refractivity contribution in [2.45, 2.75) is 31.9 Å². The minimum absolute atomic E-state index is 0.113. The molecule has 0 aromatic carbocycles. The monoisotopic (exact) mass is 339 g/mol. The van der Waals surface area contributed by atoms with E-state index in [4.69, 9.17) is 4.74 Å². The molecule has 0 radical (unpaired) electrons. The molecule has 0 aliphatic carbocycles. The van der Waals surface area contributed by atoms with E-state index in [2.05, 4.69) is 43.2 Å². The van der Waals surface area contributed by atoms with Gasteiger partial charge < -0.3 is 9.64 Å². The summed E-state index contributed by atoms with van der Waals surface area (Å²) >= 11 is 0. The number of hydrogen-bond donors (Lipinski definition) is 0. The van der Waals surface area contributed by atoms with Crippen LogP contribution in [0.4, 0.5) is 5.82 Å². The van der Waals surface area contributed by atoms with Gasteiger partial charge in [-0.15, -0.1) is 5.10 Å². The average Bonchev–Trinajstić information content (AvgIpc) is 2.63. The van der Waals surface area contributed by atoms with E-state index in [9.17, 15) is 0 Å². The van der Waals surface area contributed by atoms with E-state index in [1.807, 2.05) is 25.3 Å². The van der Waals surface area contributed by atoms with Crippen LogP contribution >= 0.6 is 0 Å². The molecular formula is C19H25N5O. The van der Waals surface area contributed by atoms with Gasteiger partial charge in [-0.25, -0.2) is 0 Å². The maximum atomic E-state index is 6.30. The van der Waals surface area contributed by atoms with Gasteiger partial charge in [0.15, 0.2) is 5.82 Å². The molecule has 2 aromatic rings. The van der Waals surface area contributed by atoms with Gasteiger partial charge in [-0.05, 0) is 50.6 Å². The molecule has 0 N–H and O–H groups in total. The van der Waals surface area contributed by atoms with E-state index in [0.717, 1.165) is 69.4 Å². The number of ether oxygens (including phenoxy) is 1. The molecule has 132 valence electrons. The highest BCUT2D eigenvalue weighted by Gasteiger charge is 2.41. The van der Waals surface area contributed by atoms with Crippen molar-refractivity contribution in [3.8, 4) is 0 Å². The average molecular weight is 339 g/mol. The Labute approximate surface area is 148 Å². The standard InChI is InChI=1S/C19H25N5O/c1-16-6-7-18(22-21-16)24-11-12-25-19(15-24)8-4-10-23(14-19)13-17-5-2-3-9-20-17/h2-3,5-7,9H,4,8,10-15H2,1H3. The Morgan fingerprint density at radius 1 is 1.12 bits per heavy atom. The van der Waals surface area contributed by atoms with E-state index in [1.165, 1.54) is 0 Å². The van der Waals surface area contributed by atoms with Crippen molar-refractivity contribution in [3.05, 3.63) is 47.9 Å². The van der Waals surface area contributed by atoms with E-state index in [1.54, 1.807) is 0 Å². The van der Waals surface area contributed by atoms with Crippen LogP contribution < -0.4 is 4.90 Å². The predicted octanol–water partition coefficient (Wildman–Crippen LogP) is 2.05. The summed E-state index contributed by atoms with van der Waals surface area (Å²) in [6.45, 7) is 7.39. The van der Waals surface area contributed by atoms with Gasteiger partial charge in [0.25, 0.3) is 0 Å². The van der Waals surface area contributed by atoms with Gasteiger partial charge in [-0.3, -0.25) is 9.88 Å². The summed E-state index contributed by atoms with van der Waals surface area (Å²) in [5.41, 5.74) is 1.96. The Bertz CT molecular complexity index is 689. The van der Waals surface area contributed by atoms with Crippen LogP contribution in [0.5, 0.6) is 0 Å². The number of rotatable bonds is 3. The minimum atomic E-state index is -0.113. The third-order valence-corrected chi connectivity index (χ3v) is 5.09. The van der Waals surface area contributed by atoms with E-state index >= 15 is 0 Å². The number of anilines is 1. The second-order valence-electron chi connectivity index (χ2n) is 7.12. The minimum Gasteiger partial charge on any atom is -0.370 e. The first kappa shape index (κ1) is 16.4. The van der Waals surface area contributed by atoms with Crippen LogP contribution in [0.2, 0.25) is 0 Å². The van der Waals surface area contributed by atoms with Crippen molar-refractivity contribution in [1.29, 1.82) is 0 Å². The number of morpholine rings is 1. The summed E-state index contributed by atoms with van der Waals surface area (Å²) in [7, 11) is 0. The number of aryl methyl sites for hydroxylation is 1. The second-order valence-corrected chi connectivity index (χ2v) is 7.12. The maximum absolute atomic E-state index is 6.30. The molecule has 1 spiro atoms. The zero-order valence-electron chi connectivity index (χ0n) is 14.8. The lowest BCUT2D eigenvalue weighted by atomic mass is 9.90. The predicted molar refractivity (Wildman–Crippen MR) is 96.4 cm³/mol. The summed E-state index contributed by atoms with van der Waals surface area (Å²) < 4.78 is 6.30. The van der Waals surface area contributed by atoms with Gasteiger partial charge in [-0.1, -0.05) is 6.07 Å². The highest BCUT2D eigenvalue weighted by Crippen LogP contribution is 2.31. The molecule has 2 aromatic heterocycles. The van der Waals surface area contributed by atoms with Gasteiger partial charge in [0.05, 0.1) is 23.6 Å². The van der Waals surface area contributed by atoms with Crippen LogP contribution in [0.25, 0.3) is 0 Å². The molecule has 6 heteroatoms. The van der Waals surface area contributed by atoms with Gasteiger partial charge in [0.1, 0.15) is 0 Å². The quantitative estimate of drug-likeness (QED) is 0.853. The fraction of sp³-hybridized carbons (Fsp3) is 0.526. The van der Waals surface area contributed by atoms with Crippen LogP contribution in [-0.4, -0.2) is 58.5 Å². The van der Waals surface area contributed by atoms with E-state index in [0.29, 0.717) is 0 Å². The third-order valence-electron chi connectivity index (χ3n) is 5.09. The molecule has 2 aliphatic rings.